The van der Waals surface area contributed by atoms with E-state index in [9.17, 15) is 4.79 Å². The number of hydrogen-bond donors (Lipinski definition) is 0. The maximum Gasteiger partial charge on any atom is 0.356 e. The molecule has 0 aliphatic carbocycles. The molecule has 0 N–H and O–H groups in total. The van der Waals surface area contributed by atoms with Crippen LogP contribution in [0.15, 0.2) is 66.4 Å². The molecule has 2 aromatic rings. The van der Waals surface area contributed by atoms with E-state index in [0.29, 0.717) is 12.4 Å². The molecule has 1 heterocycles. The molecule has 0 bridgehead atoms. The maximum atomic E-state index is 12.0. The zero-order chi connectivity index (χ0) is 14.7. The molecule has 1 fully saturated rings. The Morgan fingerprint density at radius 3 is 2.29 bits per heavy atom. The van der Waals surface area contributed by atoms with E-state index in [4.69, 9.17) is 4.74 Å². The average Bonchev–Trinajstić information content (AvgIpc) is 3.34. The lowest BCUT2D eigenvalue weighted by molar-refractivity contribution is -0.137. The Morgan fingerprint density at radius 1 is 1.05 bits per heavy atom. The summed E-state index contributed by atoms with van der Waals surface area (Å²) in [5, 5.41) is 3.92. The van der Waals surface area contributed by atoms with Crippen LogP contribution in [0, 0.1) is 0 Å². The molecule has 3 rings (SSSR count). The summed E-state index contributed by atoms with van der Waals surface area (Å²) in [6.45, 7) is 0.678. The van der Waals surface area contributed by atoms with Gasteiger partial charge in [-0.05, 0) is 23.8 Å². The van der Waals surface area contributed by atoms with E-state index in [2.05, 4.69) is 0 Å². The Balaban J connectivity index is 1.86. The fraction of sp³-hybridized carbons (Fsp3) is 0.118. The predicted molar refractivity (Wildman–Crippen MR) is 82.1 cm³/mol. The van der Waals surface area contributed by atoms with Crippen LogP contribution in [0.5, 0.6) is 0 Å². The van der Waals surface area contributed by atoms with Crippen molar-refractivity contribution in [2.75, 3.05) is 18.8 Å². The van der Waals surface area contributed by atoms with Crippen LogP contribution in [0.4, 0.5) is 5.69 Å². The number of hydrazine groups is 1. The Labute approximate surface area is 123 Å². The van der Waals surface area contributed by atoms with Crippen LogP contribution in [-0.2, 0) is 9.53 Å². The molecule has 0 aromatic heterocycles. The number of carbonyl (C=O) groups is 1. The zero-order valence-corrected chi connectivity index (χ0v) is 11.8. The molecule has 0 unspecified atom stereocenters. The number of methoxy groups -OCH3 is 1. The first-order chi connectivity index (χ1) is 10.3. The Bertz CT molecular complexity index is 653. The number of rotatable bonds is 4. The molecule has 4 nitrogen and oxygen atoms in total. The zero-order valence-electron chi connectivity index (χ0n) is 11.8. The molecule has 1 aliphatic heterocycles. The fourth-order valence-electron chi connectivity index (χ4n) is 2.18. The number of anilines is 1. The summed E-state index contributed by atoms with van der Waals surface area (Å²) < 4.78 is 4.89. The van der Waals surface area contributed by atoms with E-state index in [0.717, 1.165) is 11.3 Å². The average molecular weight is 280 g/mol. The summed E-state index contributed by atoms with van der Waals surface area (Å²) in [6, 6.07) is 19.7. The minimum Gasteiger partial charge on any atom is -0.464 e. The lowest BCUT2D eigenvalue weighted by Gasteiger charge is -2.10. The standard InChI is InChI=1S/C17H16N2O2/c1-21-17(20)16(12-14-8-4-2-5-9-14)19-13-18(19)15-10-6-3-7-11-15/h2-12H,13H2,1H3/b16-12-. The van der Waals surface area contributed by atoms with Crippen molar-refractivity contribution >= 4 is 17.7 Å². The molecule has 0 saturated carbocycles. The van der Waals surface area contributed by atoms with Crippen molar-refractivity contribution < 1.29 is 9.53 Å². The Kier molecular flexibility index (Phi) is 3.60. The van der Waals surface area contributed by atoms with E-state index >= 15 is 0 Å². The molecule has 0 spiro atoms. The Hall–Kier alpha value is -2.75. The molecule has 0 radical (unpaired) electrons. The van der Waals surface area contributed by atoms with Gasteiger partial charge in [-0.15, -0.1) is 0 Å². The first-order valence-corrected chi connectivity index (χ1v) is 6.74. The highest BCUT2D eigenvalue weighted by Gasteiger charge is 2.37. The van der Waals surface area contributed by atoms with Crippen molar-refractivity contribution in [3.63, 3.8) is 0 Å². The van der Waals surface area contributed by atoms with Crippen molar-refractivity contribution in [1.82, 2.24) is 5.01 Å². The molecule has 1 saturated heterocycles. The van der Waals surface area contributed by atoms with Gasteiger partial charge in [-0.1, -0.05) is 48.5 Å². The van der Waals surface area contributed by atoms with E-state index in [1.807, 2.05) is 76.8 Å². The van der Waals surface area contributed by atoms with Crippen molar-refractivity contribution in [3.8, 4) is 0 Å². The van der Waals surface area contributed by atoms with Gasteiger partial charge in [0.2, 0.25) is 0 Å². The second kappa shape index (κ2) is 5.71. The van der Waals surface area contributed by atoms with Crippen molar-refractivity contribution in [1.29, 1.82) is 0 Å². The van der Waals surface area contributed by atoms with Gasteiger partial charge in [-0.25, -0.2) is 4.79 Å². The Morgan fingerprint density at radius 2 is 1.67 bits per heavy atom. The summed E-state index contributed by atoms with van der Waals surface area (Å²) in [5.41, 5.74) is 2.56. The van der Waals surface area contributed by atoms with Gasteiger partial charge < -0.3 is 4.74 Å². The lowest BCUT2D eigenvalue weighted by Crippen LogP contribution is -2.15. The van der Waals surface area contributed by atoms with Crippen LogP contribution in [0.2, 0.25) is 0 Å². The molecular formula is C17H16N2O2. The van der Waals surface area contributed by atoms with Gasteiger partial charge in [0.05, 0.1) is 12.8 Å². The van der Waals surface area contributed by atoms with Crippen LogP contribution in [0.3, 0.4) is 0 Å². The summed E-state index contributed by atoms with van der Waals surface area (Å²) >= 11 is 0. The smallest absolute Gasteiger partial charge is 0.356 e. The molecule has 0 atom stereocenters. The second-order valence-electron chi connectivity index (χ2n) is 4.71. The maximum absolute atomic E-state index is 12.0. The number of esters is 1. The van der Waals surface area contributed by atoms with Crippen molar-refractivity contribution in [2.45, 2.75) is 0 Å². The monoisotopic (exact) mass is 280 g/mol. The molecule has 4 heteroatoms. The third-order valence-electron chi connectivity index (χ3n) is 3.30. The van der Waals surface area contributed by atoms with Crippen LogP contribution in [0.1, 0.15) is 5.56 Å². The summed E-state index contributed by atoms with van der Waals surface area (Å²) in [4.78, 5) is 12.0. The van der Waals surface area contributed by atoms with Crippen LogP contribution >= 0.6 is 0 Å². The van der Waals surface area contributed by atoms with Gasteiger partial charge in [0.25, 0.3) is 0 Å². The van der Waals surface area contributed by atoms with E-state index in [-0.39, 0.29) is 5.97 Å². The third-order valence-corrected chi connectivity index (χ3v) is 3.30. The van der Waals surface area contributed by atoms with E-state index in [1.54, 1.807) is 0 Å². The first-order valence-electron chi connectivity index (χ1n) is 6.74. The third kappa shape index (κ3) is 2.89. The predicted octanol–water partition coefficient (Wildman–Crippen LogP) is 2.90. The minimum atomic E-state index is -0.336. The molecular weight excluding hydrogens is 264 g/mol. The highest BCUT2D eigenvalue weighted by Crippen LogP contribution is 2.31. The highest BCUT2D eigenvalue weighted by molar-refractivity contribution is 5.94. The normalized spacial score (nSPS) is 14.0. The first kappa shape index (κ1) is 13.2. The molecule has 0 amide bonds. The van der Waals surface area contributed by atoms with Gasteiger partial charge >= 0.3 is 5.97 Å². The fourth-order valence-corrected chi connectivity index (χ4v) is 2.18. The highest BCUT2D eigenvalue weighted by atomic mass is 16.5. The number of hydrogen-bond acceptors (Lipinski definition) is 4. The SMILES string of the molecule is COC(=O)/C(=C/c1ccccc1)N1CN1c1ccccc1. The number of nitrogens with zero attached hydrogens (tertiary/aromatic N) is 2. The van der Waals surface area contributed by atoms with Crippen molar-refractivity contribution in [2.24, 2.45) is 0 Å². The number of carbonyl (C=O) groups excluding carboxylic acids is 1. The van der Waals surface area contributed by atoms with Gasteiger partial charge in [0, 0.05) is 0 Å². The summed E-state index contributed by atoms with van der Waals surface area (Å²) in [5.74, 6) is -0.336. The van der Waals surface area contributed by atoms with Crippen LogP contribution in [-0.4, -0.2) is 24.8 Å². The molecule has 1 aliphatic rings. The van der Waals surface area contributed by atoms with E-state index in [1.165, 1.54) is 7.11 Å². The minimum absolute atomic E-state index is 0.336. The van der Waals surface area contributed by atoms with Gasteiger partial charge in [0.1, 0.15) is 12.4 Å². The van der Waals surface area contributed by atoms with Gasteiger partial charge in [-0.3, -0.25) is 10.0 Å². The topological polar surface area (TPSA) is 32.3 Å². The second-order valence-corrected chi connectivity index (χ2v) is 4.71. The van der Waals surface area contributed by atoms with Crippen molar-refractivity contribution in [3.05, 3.63) is 71.9 Å². The lowest BCUT2D eigenvalue weighted by atomic mass is 10.2. The molecule has 21 heavy (non-hydrogen) atoms. The number of ether oxygens (including phenoxy) is 1. The largest absolute Gasteiger partial charge is 0.464 e. The summed E-state index contributed by atoms with van der Waals surface area (Å²) in [7, 11) is 1.40. The number of para-hydroxylation sites is 1. The number of benzene rings is 2. The van der Waals surface area contributed by atoms with Crippen LogP contribution < -0.4 is 5.01 Å². The molecule has 2 aromatic carbocycles. The van der Waals surface area contributed by atoms with E-state index < -0.39 is 0 Å². The molecule has 106 valence electrons. The summed E-state index contributed by atoms with van der Waals surface area (Å²) in [6.07, 6.45) is 1.84. The quantitative estimate of drug-likeness (QED) is 0.490. The van der Waals surface area contributed by atoms with Crippen LogP contribution in [0.25, 0.3) is 6.08 Å². The van der Waals surface area contributed by atoms with Gasteiger partial charge in [0.15, 0.2) is 0 Å². The van der Waals surface area contributed by atoms with Gasteiger partial charge in [-0.2, -0.15) is 0 Å².